The SMILES string of the molecule is CCc1c(C=O)ccc2oc3cc4ccoc4cc3c12. The highest BCUT2D eigenvalue weighted by Crippen LogP contribution is 2.35. The van der Waals surface area contributed by atoms with Crippen LogP contribution in [0.5, 0.6) is 0 Å². The molecule has 4 aromatic rings. The molecular formula is C17H12O3. The van der Waals surface area contributed by atoms with Crippen LogP contribution in [0.15, 0.2) is 45.4 Å². The Labute approximate surface area is 114 Å². The normalized spacial score (nSPS) is 11.7. The van der Waals surface area contributed by atoms with Crippen LogP contribution in [-0.4, -0.2) is 6.29 Å². The van der Waals surface area contributed by atoms with Gasteiger partial charge in [0, 0.05) is 21.7 Å². The van der Waals surface area contributed by atoms with Crippen LogP contribution in [0.4, 0.5) is 0 Å². The smallest absolute Gasteiger partial charge is 0.150 e. The summed E-state index contributed by atoms with van der Waals surface area (Å²) >= 11 is 0. The summed E-state index contributed by atoms with van der Waals surface area (Å²) in [4.78, 5) is 11.2. The fourth-order valence-electron chi connectivity index (χ4n) is 2.90. The van der Waals surface area contributed by atoms with Crippen molar-refractivity contribution in [3.63, 3.8) is 0 Å². The van der Waals surface area contributed by atoms with Gasteiger partial charge < -0.3 is 8.83 Å². The monoisotopic (exact) mass is 264 g/mol. The number of rotatable bonds is 2. The zero-order chi connectivity index (χ0) is 13.7. The Balaban J connectivity index is 2.24. The molecule has 0 saturated heterocycles. The molecule has 0 saturated carbocycles. The van der Waals surface area contributed by atoms with Crippen LogP contribution >= 0.6 is 0 Å². The second kappa shape index (κ2) is 3.97. The standard InChI is InChI=1S/C17H12O3/c1-2-12-11(9-18)3-4-14-17(12)13-8-15-10(5-6-19-15)7-16(13)20-14/h3-9H,2H2,1H3. The molecule has 2 aromatic heterocycles. The lowest BCUT2D eigenvalue weighted by Gasteiger charge is -2.03. The molecule has 0 unspecified atom stereocenters. The van der Waals surface area contributed by atoms with E-state index >= 15 is 0 Å². The van der Waals surface area contributed by atoms with E-state index in [1.165, 1.54) is 0 Å². The summed E-state index contributed by atoms with van der Waals surface area (Å²) in [6, 6.07) is 9.57. The summed E-state index contributed by atoms with van der Waals surface area (Å²) in [5.74, 6) is 0. The van der Waals surface area contributed by atoms with Gasteiger partial charge in [-0.2, -0.15) is 0 Å². The summed E-state index contributed by atoms with van der Waals surface area (Å²) in [7, 11) is 0. The predicted molar refractivity (Wildman–Crippen MR) is 78.3 cm³/mol. The molecule has 2 aromatic carbocycles. The van der Waals surface area contributed by atoms with Crippen molar-refractivity contribution in [3.8, 4) is 0 Å². The van der Waals surface area contributed by atoms with Gasteiger partial charge in [-0.3, -0.25) is 4.79 Å². The van der Waals surface area contributed by atoms with Gasteiger partial charge in [0.15, 0.2) is 0 Å². The van der Waals surface area contributed by atoms with Gasteiger partial charge in [-0.15, -0.1) is 0 Å². The molecule has 0 aliphatic rings. The Kier molecular flexibility index (Phi) is 2.24. The molecular weight excluding hydrogens is 252 g/mol. The molecule has 0 radical (unpaired) electrons. The summed E-state index contributed by atoms with van der Waals surface area (Å²) in [5, 5.41) is 3.04. The molecule has 0 fully saturated rings. The number of hydrogen-bond donors (Lipinski definition) is 0. The average molecular weight is 264 g/mol. The second-order valence-corrected chi connectivity index (χ2v) is 4.89. The van der Waals surface area contributed by atoms with Gasteiger partial charge in [-0.1, -0.05) is 6.92 Å². The molecule has 20 heavy (non-hydrogen) atoms. The van der Waals surface area contributed by atoms with E-state index in [0.717, 1.165) is 56.7 Å². The van der Waals surface area contributed by atoms with Gasteiger partial charge in [-0.05, 0) is 42.3 Å². The lowest BCUT2D eigenvalue weighted by atomic mass is 9.99. The van der Waals surface area contributed by atoms with E-state index in [2.05, 4.69) is 0 Å². The quantitative estimate of drug-likeness (QED) is 0.492. The second-order valence-electron chi connectivity index (χ2n) is 4.89. The Hall–Kier alpha value is -2.55. The highest BCUT2D eigenvalue weighted by atomic mass is 16.3. The average Bonchev–Trinajstić information content (AvgIpc) is 3.06. The number of furan rings is 2. The molecule has 0 N–H and O–H groups in total. The Morgan fingerprint density at radius 1 is 1.10 bits per heavy atom. The van der Waals surface area contributed by atoms with Crippen LogP contribution in [0.1, 0.15) is 22.8 Å². The first-order valence-corrected chi connectivity index (χ1v) is 6.62. The van der Waals surface area contributed by atoms with Crippen molar-refractivity contribution in [1.29, 1.82) is 0 Å². The van der Waals surface area contributed by atoms with Crippen LogP contribution in [0.2, 0.25) is 0 Å². The molecule has 0 bridgehead atoms. The van der Waals surface area contributed by atoms with E-state index in [-0.39, 0.29) is 0 Å². The fourth-order valence-corrected chi connectivity index (χ4v) is 2.90. The van der Waals surface area contributed by atoms with Gasteiger partial charge in [0.1, 0.15) is 23.0 Å². The van der Waals surface area contributed by atoms with Crippen LogP contribution < -0.4 is 0 Å². The zero-order valence-electron chi connectivity index (χ0n) is 11.0. The lowest BCUT2D eigenvalue weighted by molar-refractivity contribution is 0.112. The Bertz CT molecular complexity index is 957. The van der Waals surface area contributed by atoms with Crippen molar-refractivity contribution >= 4 is 39.2 Å². The van der Waals surface area contributed by atoms with E-state index in [1.54, 1.807) is 6.26 Å². The van der Waals surface area contributed by atoms with Gasteiger partial charge >= 0.3 is 0 Å². The molecule has 3 heteroatoms. The van der Waals surface area contributed by atoms with E-state index in [9.17, 15) is 4.79 Å². The van der Waals surface area contributed by atoms with E-state index in [1.807, 2.05) is 37.3 Å². The van der Waals surface area contributed by atoms with E-state index < -0.39 is 0 Å². The third-order valence-corrected chi connectivity index (χ3v) is 3.84. The number of aldehydes is 1. The van der Waals surface area contributed by atoms with E-state index in [0.29, 0.717) is 0 Å². The minimum atomic E-state index is 0.724. The molecule has 4 rings (SSSR count). The maximum absolute atomic E-state index is 11.2. The third-order valence-electron chi connectivity index (χ3n) is 3.84. The lowest BCUT2D eigenvalue weighted by Crippen LogP contribution is -1.91. The van der Waals surface area contributed by atoms with Gasteiger partial charge in [0.2, 0.25) is 0 Å². The van der Waals surface area contributed by atoms with Crippen molar-refractivity contribution in [2.45, 2.75) is 13.3 Å². The topological polar surface area (TPSA) is 43.4 Å². The van der Waals surface area contributed by atoms with E-state index in [4.69, 9.17) is 8.83 Å². The largest absolute Gasteiger partial charge is 0.464 e. The highest BCUT2D eigenvalue weighted by molar-refractivity contribution is 6.12. The first-order chi connectivity index (χ1) is 9.81. The first kappa shape index (κ1) is 11.3. The summed E-state index contributed by atoms with van der Waals surface area (Å²) in [5.41, 5.74) is 4.23. The van der Waals surface area contributed by atoms with Gasteiger partial charge in [0.05, 0.1) is 6.26 Å². The van der Waals surface area contributed by atoms with Crippen molar-refractivity contribution in [3.05, 3.63) is 47.7 Å². The number of fused-ring (bicyclic) bond motifs is 4. The summed E-state index contributed by atoms with van der Waals surface area (Å²) in [6.45, 7) is 2.05. The van der Waals surface area contributed by atoms with Gasteiger partial charge in [0.25, 0.3) is 0 Å². The number of carbonyl (C=O) groups is 1. The van der Waals surface area contributed by atoms with Crippen LogP contribution in [-0.2, 0) is 6.42 Å². The van der Waals surface area contributed by atoms with Crippen LogP contribution in [0.25, 0.3) is 32.9 Å². The summed E-state index contributed by atoms with van der Waals surface area (Å²) in [6.07, 6.45) is 3.36. The van der Waals surface area contributed by atoms with Crippen molar-refractivity contribution in [1.82, 2.24) is 0 Å². The Morgan fingerprint density at radius 3 is 2.80 bits per heavy atom. The van der Waals surface area contributed by atoms with Crippen LogP contribution in [0.3, 0.4) is 0 Å². The van der Waals surface area contributed by atoms with Crippen molar-refractivity contribution in [2.75, 3.05) is 0 Å². The maximum atomic E-state index is 11.2. The van der Waals surface area contributed by atoms with Gasteiger partial charge in [-0.25, -0.2) is 0 Å². The zero-order valence-corrected chi connectivity index (χ0v) is 11.0. The van der Waals surface area contributed by atoms with Crippen molar-refractivity contribution in [2.24, 2.45) is 0 Å². The number of hydrogen-bond acceptors (Lipinski definition) is 3. The molecule has 2 heterocycles. The minimum Gasteiger partial charge on any atom is -0.464 e. The van der Waals surface area contributed by atoms with Crippen LogP contribution in [0, 0.1) is 0 Å². The summed E-state index contributed by atoms with van der Waals surface area (Å²) < 4.78 is 11.4. The molecule has 0 aliphatic heterocycles. The molecule has 0 aliphatic carbocycles. The minimum absolute atomic E-state index is 0.724. The highest BCUT2D eigenvalue weighted by Gasteiger charge is 2.14. The predicted octanol–water partition coefficient (Wildman–Crippen LogP) is 4.71. The molecule has 0 spiro atoms. The molecule has 0 amide bonds. The first-order valence-electron chi connectivity index (χ1n) is 6.62. The van der Waals surface area contributed by atoms with Crippen molar-refractivity contribution < 1.29 is 13.6 Å². The molecule has 0 atom stereocenters. The third kappa shape index (κ3) is 1.37. The fraction of sp³-hybridized carbons (Fsp3) is 0.118. The number of benzene rings is 2. The Morgan fingerprint density at radius 2 is 2.00 bits per heavy atom. The number of aryl methyl sites for hydroxylation is 1. The maximum Gasteiger partial charge on any atom is 0.150 e. The number of carbonyl (C=O) groups excluding carboxylic acids is 1. The molecule has 3 nitrogen and oxygen atoms in total. The molecule has 98 valence electrons.